The number of hydrazone groups is 1. The standard InChI is InChI=1S/C18H13ClN4O3/c1-11-6-7-12-9-13(17(19)21-15(12)8-11)10-20-22-18(24)14-4-2-3-5-16(14)23(25)26/h2-10H,1H3,(H,22,24). The van der Waals surface area contributed by atoms with Crippen molar-refractivity contribution in [3.8, 4) is 0 Å². The van der Waals surface area contributed by atoms with Crippen LogP contribution in [-0.4, -0.2) is 22.0 Å². The molecule has 0 saturated heterocycles. The topological polar surface area (TPSA) is 97.5 Å². The van der Waals surface area contributed by atoms with Crippen LogP contribution in [0.4, 0.5) is 5.69 Å². The SMILES string of the molecule is Cc1ccc2cc(C=NNC(=O)c3ccccc3[N+](=O)[O-])c(Cl)nc2c1. The van der Waals surface area contributed by atoms with E-state index in [4.69, 9.17) is 11.6 Å². The molecule has 0 aliphatic carbocycles. The summed E-state index contributed by atoms with van der Waals surface area (Å²) >= 11 is 6.15. The van der Waals surface area contributed by atoms with E-state index in [2.05, 4.69) is 15.5 Å². The number of aryl methyl sites for hydroxylation is 1. The van der Waals surface area contributed by atoms with Gasteiger partial charge in [-0.3, -0.25) is 14.9 Å². The number of carbonyl (C=O) groups is 1. The highest BCUT2D eigenvalue weighted by Gasteiger charge is 2.18. The molecule has 0 fully saturated rings. The second kappa shape index (κ2) is 7.28. The van der Waals surface area contributed by atoms with Crippen LogP contribution in [0.15, 0.2) is 53.6 Å². The van der Waals surface area contributed by atoms with Crippen LogP contribution in [0.25, 0.3) is 10.9 Å². The molecule has 1 N–H and O–H groups in total. The number of nitro benzene ring substituents is 1. The predicted octanol–water partition coefficient (Wildman–Crippen LogP) is 3.87. The number of rotatable bonds is 4. The molecule has 0 atom stereocenters. The summed E-state index contributed by atoms with van der Waals surface area (Å²) in [5, 5.41) is 15.9. The summed E-state index contributed by atoms with van der Waals surface area (Å²) in [6, 6.07) is 13.2. The number of hydrogen-bond acceptors (Lipinski definition) is 5. The molecule has 0 radical (unpaired) electrons. The number of fused-ring (bicyclic) bond motifs is 1. The van der Waals surface area contributed by atoms with E-state index in [1.54, 1.807) is 6.07 Å². The molecule has 130 valence electrons. The van der Waals surface area contributed by atoms with Crippen molar-refractivity contribution in [2.45, 2.75) is 6.92 Å². The van der Waals surface area contributed by atoms with Gasteiger partial charge in [0.05, 0.1) is 16.7 Å². The zero-order valence-corrected chi connectivity index (χ0v) is 14.4. The molecule has 2 aromatic carbocycles. The molecular weight excluding hydrogens is 356 g/mol. The van der Waals surface area contributed by atoms with Crippen LogP contribution in [0.3, 0.4) is 0 Å². The highest BCUT2D eigenvalue weighted by atomic mass is 35.5. The Kier molecular flexibility index (Phi) is 4.90. The van der Waals surface area contributed by atoms with E-state index in [1.807, 2.05) is 25.1 Å². The van der Waals surface area contributed by atoms with E-state index in [1.165, 1.54) is 30.5 Å². The second-order valence-electron chi connectivity index (χ2n) is 5.54. The number of pyridine rings is 1. The van der Waals surface area contributed by atoms with Crippen molar-refractivity contribution < 1.29 is 9.72 Å². The third kappa shape index (κ3) is 3.68. The number of amides is 1. The minimum absolute atomic E-state index is 0.0761. The van der Waals surface area contributed by atoms with Crippen LogP contribution in [0, 0.1) is 17.0 Å². The summed E-state index contributed by atoms with van der Waals surface area (Å²) in [4.78, 5) is 26.8. The first kappa shape index (κ1) is 17.5. The lowest BCUT2D eigenvalue weighted by molar-refractivity contribution is -0.385. The highest BCUT2D eigenvalue weighted by molar-refractivity contribution is 6.32. The fraction of sp³-hybridized carbons (Fsp3) is 0.0556. The monoisotopic (exact) mass is 368 g/mol. The minimum Gasteiger partial charge on any atom is -0.267 e. The first-order valence-corrected chi connectivity index (χ1v) is 7.97. The van der Waals surface area contributed by atoms with Gasteiger partial charge in [0.15, 0.2) is 0 Å². The first-order chi connectivity index (χ1) is 12.5. The summed E-state index contributed by atoms with van der Waals surface area (Å²) in [5.74, 6) is -0.686. The van der Waals surface area contributed by atoms with Gasteiger partial charge in [0, 0.05) is 17.0 Å². The largest absolute Gasteiger partial charge is 0.282 e. The number of halogens is 1. The zero-order chi connectivity index (χ0) is 18.7. The lowest BCUT2D eigenvalue weighted by Crippen LogP contribution is -2.19. The van der Waals surface area contributed by atoms with Crippen LogP contribution in [0.5, 0.6) is 0 Å². The van der Waals surface area contributed by atoms with Crippen molar-refractivity contribution in [1.29, 1.82) is 0 Å². The Morgan fingerprint density at radius 1 is 1.27 bits per heavy atom. The van der Waals surface area contributed by atoms with E-state index in [9.17, 15) is 14.9 Å². The van der Waals surface area contributed by atoms with Gasteiger partial charge in [-0.25, -0.2) is 10.4 Å². The van der Waals surface area contributed by atoms with Crippen molar-refractivity contribution in [2.75, 3.05) is 0 Å². The molecule has 0 aliphatic heterocycles. The van der Waals surface area contributed by atoms with Gasteiger partial charge < -0.3 is 0 Å². The Hall–Kier alpha value is -3.32. The number of benzene rings is 2. The van der Waals surface area contributed by atoms with Crippen molar-refractivity contribution >= 4 is 40.3 Å². The predicted molar refractivity (Wildman–Crippen MR) is 99.6 cm³/mol. The van der Waals surface area contributed by atoms with Crippen molar-refractivity contribution in [2.24, 2.45) is 5.10 Å². The Balaban J connectivity index is 1.82. The van der Waals surface area contributed by atoms with Crippen LogP contribution in [0.1, 0.15) is 21.5 Å². The lowest BCUT2D eigenvalue weighted by Gasteiger charge is -2.04. The van der Waals surface area contributed by atoms with Gasteiger partial charge in [-0.1, -0.05) is 35.9 Å². The molecule has 8 heteroatoms. The van der Waals surface area contributed by atoms with Crippen molar-refractivity contribution in [3.63, 3.8) is 0 Å². The number of carbonyl (C=O) groups excluding carboxylic acids is 1. The average molecular weight is 369 g/mol. The molecule has 1 heterocycles. The first-order valence-electron chi connectivity index (χ1n) is 7.59. The molecule has 26 heavy (non-hydrogen) atoms. The molecule has 0 bridgehead atoms. The molecule has 0 unspecified atom stereocenters. The maximum Gasteiger partial charge on any atom is 0.282 e. The van der Waals surface area contributed by atoms with Crippen molar-refractivity contribution in [3.05, 3.63) is 80.5 Å². The zero-order valence-electron chi connectivity index (χ0n) is 13.6. The summed E-state index contributed by atoms with van der Waals surface area (Å²) in [6.45, 7) is 1.96. The maximum atomic E-state index is 12.1. The van der Waals surface area contributed by atoms with E-state index >= 15 is 0 Å². The Morgan fingerprint density at radius 3 is 2.81 bits per heavy atom. The molecule has 3 rings (SSSR count). The quantitative estimate of drug-likeness (QED) is 0.327. The number of nitro groups is 1. The smallest absolute Gasteiger partial charge is 0.267 e. The van der Waals surface area contributed by atoms with E-state index < -0.39 is 10.8 Å². The summed E-state index contributed by atoms with van der Waals surface area (Å²) in [7, 11) is 0. The fourth-order valence-electron chi connectivity index (χ4n) is 2.41. The molecule has 0 aliphatic rings. The Morgan fingerprint density at radius 2 is 2.04 bits per heavy atom. The Bertz CT molecular complexity index is 1050. The number of nitrogens with one attached hydrogen (secondary N) is 1. The molecular formula is C18H13ClN4O3. The molecule has 1 amide bonds. The molecule has 0 spiro atoms. The van der Waals surface area contributed by atoms with Crippen LogP contribution in [-0.2, 0) is 0 Å². The number of hydrogen-bond donors (Lipinski definition) is 1. The normalized spacial score (nSPS) is 11.0. The number of aromatic nitrogens is 1. The van der Waals surface area contributed by atoms with Gasteiger partial charge in [-0.15, -0.1) is 0 Å². The van der Waals surface area contributed by atoms with Gasteiger partial charge in [0.2, 0.25) is 0 Å². The van der Waals surface area contributed by atoms with Gasteiger partial charge in [-0.05, 0) is 30.7 Å². The average Bonchev–Trinajstić information content (AvgIpc) is 2.62. The third-order valence-corrected chi connectivity index (χ3v) is 3.97. The maximum absolute atomic E-state index is 12.1. The molecule has 3 aromatic rings. The minimum atomic E-state index is -0.686. The summed E-state index contributed by atoms with van der Waals surface area (Å²) in [6.07, 6.45) is 1.35. The molecule has 7 nitrogen and oxygen atoms in total. The highest BCUT2D eigenvalue weighted by Crippen LogP contribution is 2.20. The van der Waals surface area contributed by atoms with E-state index in [0.717, 1.165) is 16.5 Å². The lowest BCUT2D eigenvalue weighted by atomic mass is 10.1. The van der Waals surface area contributed by atoms with Crippen LogP contribution in [0.2, 0.25) is 5.15 Å². The van der Waals surface area contributed by atoms with Gasteiger partial charge in [0.1, 0.15) is 10.7 Å². The third-order valence-electron chi connectivity index (χ3n) is 3.67. The van der Waals surface area contributed by atoms with Gasteiger partial charge in [0.25, 0.3) is 11.6 Å². The van der Waals surface area contributed by atoms with Gasteiger partial charge in [-0.2, -0.15) is 5.10 Å². The second-order valence-corrected chi connectivity index (χ2v) is 5.90. The molecule has 0 saturated carbocycles. The number of para-hydroxylation sites is 1. The van der Waals surface area contributed by atoms with Crippen molar-refractivity contribution in [1.82, 2.24) is 10.4 Å². The number of nitrogens with zero attached hydrogens (tertiary/aromatic N) is 3. The summed E-state index contributed by atoms with van der Waals surface area (Å²) in [5.41, 5.74) is 4.25. The van der Waals surface area contributed by atoms with Crippen LogP contribution >= 0.6 is 11.6 Å². The summed E-state index contributed by atoms with van der Waals surface area (Å²) < 4.78 is 0. The Labute approximate surface area is 153 Å². The van der Waals surface area contributed by atoms with Gasteiger partial charge >= 0.3 is 0 Å². The fourth-order valence-corrected chi connectivity index (χ4v) is 2.60. The van der Waals surface area contributed by atoms with E-state index in [-0.39, 0.29) is 16.4 Å². The van der Waals surface area contributed by atoms with E-state index in [0.29, 0.717) is 5.56 Å². The molecule has 1 aromatic heterocycles. The van der Waals surface area contributed by atoms with Crippen LogP contribution < -0.4 is 5.43 Å².